The van der Waals surface area contributed by atoms with Crippen LogP contribution in [0.25, 0.3) is 0 Å². The van der Waals surface area contributed by atoms with E-state index in [1.54, 1.807) is 0 Å². The molecule has 4 aliphatic rings. The van der Waals surface area contributed by atoms with Gasteiger partial charge in [-0.25, -0.2) is 4.74 Å². The number of halogens is 8. The minimum atomic E-state index is -6.97. The van der Waals surface area contributed by atoms with Crippen LogP contribution < -0.4 is 0 Å². The molecule has 0 spiro atoms. The van der Waals surface area contributed by atoms with Crippen molar-refractivity contribution in [3.8, 4) is 0 Å². The van der Waals surface area contributed by atoms with Crippen LogP contribution in [0.15, 0.2) is 0 Å². The Morgan fingerprint density at radius 3 is 1.70 bits per heavy atom. The van der Waals surface area contributed by atoms with Crippen molar-refractivity contribution in [2.45, 2.75) is 80.8 Å². The monoisotopic (exact) mass is 516 g/mol. The second kappa shape index (κ2) is 7.92. The van der Waals surface area contributed by atoms with Gasteiger partial charge in [-0.2, -0.15) is 43.5 Å². The zero-order chi connectivity index (χ0) is 25.3. The molecule has 1 unspecified atom stereocenters. The Morgan fingerprint density at radius 2 is 1.33 bits per heavy atom. The number of alkyl halides is 8. The fourth-order valence-corrected chi connectivity index (χ4v) is 6.28. The van der Waals surface area contributed by atoms with Gasteiger partial charge in [-0.1, -0.05) is 6.92 Å². The van der Waals surface area contributed by atoms with Crippen molar-refractivity contribution in [1.29, 1.82) is 0 Å². The van der Waals surface area contributed by atoms with E-state index in [0.717, 1.165) is 26.2 Å². The fourth-order valence-electron chi connectivity index (χ4n) is 5.94. The summed E-state index contributed by atoms with van der Waals surface area (Å²) in [6.45, 7) is 0.679. The Bertz CT molecular complexity index is 833. The van der Waals surface area contributed by atoms with Crippen molar-refractivity contribution in [3.05, 3.63) is 0 Å². The first-order chi connectivity index (χ1) is 14.7. The Labute approximate surface area is 186 Å². The van der Waals surface area contributed by atoms with Crippen LogP contribution in [0.4, 0.5) is 35.1 Å². The molecule has 5 nitrogen and oxygen atoms in total. The average Bonchev–Trinajstić information content (AvgIpc) is 2.63. The molecule has 0 radical (unpaired) electrons. The maximum atomic E-state index is 14.8. The van der Waals surface area contributed by atoms with Crippen molar-refractivity contribution in [1.82, 2.24) is 0 Å². The smallest absolute Gasteiger partial charge is 0.377 e. The van der Waals surface area contributed by atoms with Crippen LogP contribution in [-0.2, 0) is 19.6 Å². The SMILES string of the molecule is BC(CC)(OCC12CC3CC(CC(C3)C1)C2)C(F)(F)C(F)(F)OC(F)(F)C(F)(F)S(=O)(=O)O. The Hall–Kier alpha value is -0.665. The van der Waals surface area contributed by atoms with Crippen molar-refractivity contribution in [2.24, 2.45) is 23.2 Å². The third-order valence-electron chi connectivity index (χ3n) is 7.49. The van der Waals surface area contributed by atoms with Gasteiger partial charge in [-0.05, 0) is 68.1 Å². The van der Waals surface area contributed by atoms with E-state index in [-0.39, 0.29) is 6.61 Å². The molecule has 0 aliphatic heterocycles. The van der Waals surface area contributed by atoms with Gasteiger partial charge in [-0.15, -0.1) is 0 Å². The zero-order valence-electron chi connectivity index (χ0n) is 17.9. The standard InChI is InChI=1S/C18H25BF8O5S/c1-2-14(19,31-9-13-6-10-3-11(7-13)5-12(4-10)8-13)15(20,21)16(22,23)32-17(24,25)18(26,27)33(28,29)30/h10-12H,2-9,19H2,1H3,(H,28,29,30). The summed E-state index contributed by atoms with van der Waals surface area (Å²) in [7, 11) is -6.44. The average molecular weight is 516 g/mol. The molecular formula is C18H25BF8O5S. The van der Waals surface area contributed by atoms with Crippen molar-refractivity contribution in [2.75, 3.05) is 6.61 Å². The fraction of sp³-hybridized carbons (Fsp3) is 1.00. The summed E-state index contributed by atoms with van der Waals surface area (Å²) < 4.78 is 149. The molecule has 0 aromatic heterocycles. The molecule has 4 bridgehead atoms. The van der Waals surface area contributed by atoms with Crippen molar-refractivity contribution >= 4 is 18.0 Å². The van der Waals surface area contributed by atoms with Crippen molar-refractivity contribution in [3.63, 3.8) is 0 Å². The van der Waals surface area contributed by atoms with E-state index >= 15 is 0 Å². The van der Waals surface area contributed by atoms with Crippen LogP contribution in [0.2, 0.25) is 0 Å². The van der Waals surface area contributed by atoms with Gasteiger partial charge in [0.2, 0.25) is 0 Å². The van der Waals surface area contributed by atoms with Crippen molar-refractivity contribution < 1.29 is 57.6 Å². The van der Waals surface area contributed by atoms with Gasteiger partial charge in [-0.3, -0.25) is 4.55 Å². The van der Waals surface area contributed by atoms with E-state index in [1.807, 2.05) is 0 Å². The molecule has 192 valence electrons. The predicted molar refractivity (Wildman–Crippen MR) is 101 cm³/mol. The first-order valence-electron chi connectivity index (χ1n) is 10.5. The van der Waals surface area contributed by atoms with E-state index in [4.69, 9.17) is 9.29 Å². The molecule has 1 N–H and O–H groups in total. The normalized spacial score (nSPS) is 32.7. The molecule has 33 heavy (non-hydrogen) atoms. The van der Waals surface area contributed by atoms with Gasteiger partial charge in [0.15, 0.2) is 7.85 Å². The number of hydrogen-bond acceptors (Lipinski definition) is 4. The lowest BCUT2D eigenvalue weighted by Gasteiger charge is -2.57. The lowest BCUT2D eigenvalue weighted by atomic mass is 9.50. The summed E-state index contributed by atoms with van der Waals surface area (Å²) in [5.41, 5.74) is -3.62. The highest BCUT2D eigenvalue weighted by Crippen LogP contribution is 2.61. The molecule has 4 aliphatic carbocycles. The Kier molecular flexibility index (Phi) is 6.46. The third-order valence-corrected chi connectivity index (χ3v) is 8.37. The lowest BCUT2D eigenvalue weighted by Crippen LogP contribution is -2.65. The maximum absolute atomic E-state index is 14.8. The summed E-state index contributed by atoms with van der Waals surface area (Å²) in [6, 6.07) is 0. The van der Waals surface area contributed by atoms with Crippen LogP contribution in [0.1, 0.15) is 51.9 Å². The van der Waals surface area contributed by atoms with Gasteiger partial charge in [0, 0.05) is 0 Å². The van der Waals surface area contributed by atoms with Gasteiger partial charge in [0.1, 0.15) is 5.50 Å². The first-order valence-corrected chi connectivity index (χ1v) is 12.0. The molecule has 4 rings (SSSR count). The molecule has 0 amide bonds. The molecule has 0 saturated heterocycles. The van der Waals surface area contributed by atoms with Gasteiger partial charge < -0.3 is 4.74 Å². The van der Waals surface area contributed by atoms with Crippen LogP contribution in [0.5, 0.6) is 0 Å². The quantitative estimate of drug-likeness (QED) is 0.267. The summed E-state index contributed by atoms with van der Waals surface area (Å²) in [6.07, 6.45) is -8.79. The maximum Gasteiger partial charge on any atom is 0.460 e. The van der Waals surface area contributed by atoms with Gasteiger partial charge in [0.05, 0.1) is 6.61 Å². The summed E-state index contributed by atoms with van der Waals surface area (Å²) in [4.78, 5) is 0. The van der Waals surface area contributed by atoms with Crippen LogP contribution in [-0.4, -0.2) is 56.3 Å². The van der Waals surface area contributed by atoms with E-state index in [2.05, 4.69) is 4.74 Å². The highest BCUT2D eigenvalue weighted by molar-refractivity contribution is 7.86. The predicted octanol–water partition coefficient (Wildman–Crippen LogP) is 4.28. The number of rotatable bonds is 10. The molecule has 0 aromatic rings. The summed E-state index contributed by atoms with van der Waals surface area (Å²) in [5.74, 6) is -4.45. The molecule has 0 aromatic carbocycles. The number of ether oxygens (including phenoxy) is 2. The molecule has 4 fully saturated rings. The topological polar surface area (TPSA) is 72.8 Å². The van der Waals surface area contributed by atoms with E-state index in [1.165, 1.54) is 0 Å². The van der Waals surface area contributed by atoms with E-state index in [0.29, 0.717) is 44.9 Å². The minimum Gasteiger partial charge on any atom is -0.377 e. The van der Waals surface area contributed by atoms with E-state index in [9.17, 15) is 43.5 Å². The lowest BCUT2D eigenvalue weighted by molar-refractivity contribution is -0.469. The Morgan fingerprint density at radius 1 is 0.909 bits per heavy atom. The number of hydrogen-bond donors (Lipinski definition) is 1. The minimum absolute atomic E-state index is 0.343. The molecule has 15 heteroatoms. The Balaban J connectivity index is 1.80. The molecule has 1 atom stereocenters. The molecule has 0 heterocycles. The second-order valence-corrected chi connectivity index (χ2v) is 11.5. The van der Waals surface area contributed by atoms with Gasteiger partial charge in [0.25, 0.3) is 0 Å². The van der Waals surface area contributed by atoms with Crippen LogP contribution in [0.3, 0.4) is 0 Å². The largest absolute Gasteiger partial charge is 0.460 e. The van der Waals surface area contributed by atoms with Crippen LogP contribution >= 0.6 is 0 Å². The summed E-state index contributed by atoms with van der Waals surface area (Å²) >= 11 is 0. The third kappa shape index (κ3) is 4.39. The highest BCUT2D eigenvalue weighted by Gasteiger charge is 2.77. The van der Waals surface area contributed by atoms with E-state index < -0.39 is 50.8 Å². The molecule has 4 saturated carbocycles. The first kappa shape index (κ1) is 26.9. The molecular weight excluding hydrogens is 491 g/mol. The zero-order valence-corrected chi connectivity index (χ0v) is 18.7. The summed E-state index contributed by atoms with van der Waals surface area (Å²) in [5, 5.41) is -6.61. The highest BCUT2D eigenvalue weighted by atomic mass is 32.2. The second-order valence-electron chi connectivity index (χ2n) is 9.99. The van der Waals surface area contributed by atoms with Crippen LogP contribution in [0, 0.1) is 23.2 Å². The van der Waals surface area contributed by atoms with Gasteiger partial charge >= 0.3 is 33.5 Å².